The third kappa shape index (κ3) is 3.06. The molecule has 2 rings (SSSR count). The van der Waals surface area contributed by atoms with Crippen molar-refractivity contribution in [1.29, 1.82) is 0 Å². The van der Waals surface area contributed by atoms with Crippen molar-refractivity contribution < 1.29 is 9.53 Å². The number of hydrogen-bond donors (Lipinski definition) is 0. The first kappa shape index (κ1) is 11.6. The van der Waals surface area contributed by atoms with E-state index in [2.05, 4.69) is 6.92 Å². The SMILES string of the molecule is CCCCC(=O)Oc1ccc2ccccc2c1. The van der Waals surface area contributed by atoms with Crippen LogP contribution in [0.5, 0.6) is 5.75 Å². The van der Waals surface area contributed by atoms with Gasteiger partial charge in [-0.15, -0.1) is 0 Å². The van der Waals surface area contributed by atoms with E-state index in [1.165, 1.54) is 0 Å². The largest absolute Gasteiger partial charge is 0.427 e. The lowest BCUT2D eigenvalue weighted by molar-refractivity contribution is -0.134. The highest BCUT2D eigenvalue weighted by molar-refractivity contribution is 5.84. The Balaban J connectivity index is 2.11. The lowest BCUT2D eigenvalue weighted by Gasteiger charge is -2.05. The molecule has 0 aromatic heterocycles. The molecule has 0 saturated carbocycles. The molecule has 0 amide bonds. The lowest BCUT2D eigenvalue weighted by Crippen LogP contribution is -2.07. The van der Waals surface area contributed by atoms with E-state index in [9.17, 15) is 4.79 Å². The standard InChI is InChI=1S/C15H16O2/c1-2-3-8-15(16)17-14-10-9-12-6-4-5-7-13(12)11-14/h4-7,9-11H,2-3,8H2,1H3. The molecule has 0 saturated heterocycles. The third-order valence-corrected chi connectivity index (χ3v) is 2.69. The van der Waals surface area contributed by atoms with Crippen LogP contribution in [0.3, 0.4) is 0 Å². The summed E-state index contributed by atoms with van der Waals surface area (Å²) in [5.41, 5.74) is 0. The summed E-state index contributed by atoms with van der Waals surface area (Å²) in [5, 5.41) is 2.24. The van der Waals surface area contributed by atoms with Crippen LogP contribution in [0.2, 0.25) is 0 Å². The molecule has 2 heteroatoms. The quantitative estimate of drug-likeness (QED) is 0.585. The number of carbonyl (C=O) groups is 1. The first-order valence-corrected chi connectivity index (χ1v) is 5.99. The first-order valence-electron chi connectivity index (χ1n) is 5.99. The number of esters is 1. The minimum Gasteiger partial charge on any atom is -0.427 e. The maximum absolute atomic E-state index is 11.5. The fourth-order valence-electron chi connectivity index (χ4n) is 1.73. The zero-order valence-electron chi connectivity index (χ0n) is 9.98. The van der Waals surface area contributed by atoms with Gasteiger partial charge in [0.25, 0.3) is 0 Å². The van der Waals surface area contributed by atoms with Gasteiger partial charge in [-0.1, -0.05) is 43.7 Å². The van der Waals surface area contributed by atoms with Gasteiger partial charge in [-0.25, -0.2) is 0 Å². The van der Waals surface area contributed by atoms with E-state index < -0.39 is 0 Å². The van der Waals surface area contributed by atoms with Crippen LogP contribution in [-0.4, -0.2) is 5.97 Å². The van der Waals surface area contributed by atoms with Crippen molar-refractivity contribution in [2.24, 2.45) is 0 Å². The molecule has 2 aromatic rings. The summed E-state index contributed by atoms with van der Waals surface area (Å²) in [7, 11) is 0. The van der Waals surface area contributed by atoms with E-state index in [0.29, 0.717) is 12.2 Å². The van der Waals surface area contributed by atoms with Gasteiger partial charge in [-0.3, -0.25) is 4.79 Å². The van der Waals surface area contributed by atoms with Gasteiger partial charge in [0, 0.05) is 6.42 Å². The third-order valence-electron chi connectivity index (χ3n) is 2.69. The molecule has 0 aliphatic heterocycles. The van der Waals surface area contributed by atoms with Gasteiger partial charge in [0.2, 0.25) is 0 Å². The molecule has 0 spiro atoms. The highest BCUT2D eigenvalue weighted by Crippen LogP contribution is 2.20. The number of benzene rings is 2. The van der Waals surface area contributed by atoms with Crippen LogP contribution in [0, 0.1) is 0 Å². The van der Waals surface area contributed by atoms with Crippen LogP contribution in [-0.2, 0) is 4.79 Å². The molecular formula is C15H16O2. The van der Waals surface area contributed by atoms with Crippen LogP contribution in [0.4, 0.5) is 0 Å². The van der Waals surface area contributed by atoms with E-state index in [-0.39, 0.29) is 5.97 Å². The molecule has 88 valence electrons. The van der Waals surface area contributed by atoms with E-state index >= 15 is 0 Å². The number of rotatable bonds is 4. The first-order chi connectivity index (χ1) is 8.29. The van der Waals surface area contributed by atoms with Crippen LogP contribution in [0.1, 0.15) is 26.2 Å². The Morgan fingerprint density at radius 2 is 1.88 bits per heavy atom. The topological polar surface area (TPSA) is 26.3 Å². The summed E-state index contributed by atoms with van der Waals surface area (Å²) < 4.78 is 5.29. The molecule has 2 nitrogen and oxygen atoms in total. The van der Waals surface area contributed by atoms with Crippen LogP contribution in [0.15, 0.2) is 42.5 Å². The number of ether oxygens (including phenoxy) is 1. The normalized spacial score (nSPS) is 10.4. The highest BCUT2D eigenvalue weighted by atomic mass is 16.5. The van der Waals surface area contributed by atoms with E-state index in [4.69, 9.17) is 4.74 Å². The maximum Gasteiger partial charge on any atom is 0.311 e. The van der Waals surface area contributed by atoms with Crippen molar-refractivity contribution in [2.45, 2.75) is 26.2 Å². The monoisotopic (exact) mass is 228 g/mol. The Bertz CT molecular complexity index is 517. The Labute approximate surface area is 101 Å². The van der Waals surface area contributed by atoms with Crippen molar-refractivity contribution in [3.8, 4) is 5.75 Å². The second-order valence-corrected chi connectivity index (χ2v) is 4.09. The predicted molar refractivity (Wildman–Crippen MR) is 69.1 cm³/mol. The van der Waals surface area contributed by atoms with E-state index in [1.807, 2.05) is 42.5 Å². The molecule has 0 N–H and O–H groups in total. The van der Waals surface area contributed by atoms with Gasteiger partial charge in [0.15, 0.2) is 0 Å². The molecule has 0 aliphatic carbocycles. The van der Waals surface area contributed by atoms with Gasteiger partial charge in [-0.2, -0.15) is 0 Å². The fraction of sp³-hybridized carbons (Fsp3) is 0.267. The minimum absolute atomic E-state index is 0.151. The molecule has 0 unspecified atom stereocenters. The smallest absolute Gasteiger partial charge is 0.311 e. The average molecular weight is 228 g/mol. The zero-order valence-corrected chi connectivity index (χ0v) is 9.98. The molecular weight excluding hydrogens is 212 g/mol. The fourth-order valence-corrected chi connectivity index (χ4v) is 1.73. The Morgan fingerprint density at radius 3 is 2.65 bits per heavy atom. The van der Waals surface area contributed by atoms with Crippen molar-refractivity contribution >= 4 is 16.7 Å². The highest BCUT2D eigenvalue weighted by Gasteiger charge is 2.04. The van der Waals surface area contributed by atoms with Crippen molar-refractivity contribution in [3.05, 3.63) is 42.5 Å². The van der Waals surface area contributed by atoms with Crippen LogP contribution < -0.4 is 4.74 Å². The van der Waals surface area contributed by atoms with Gasteiger partial charge in [0.1, 0.15) is 5.75 Å². The number of hydrogen-bond acceptors (Lipinski definition) is 2. The van der Waals surface area contributed by atoms with Gasteiger partial charge < -0.3 is 4.74 Å². The average Bonchev–Trinajstić information content (AvgIpc) is 2.36. The predicted octanol–water partition coefficient (Wildman–Crippen LogP) is 3.94. The summed E-state index contributed by atoms with van der Waals surface area (Å²) in [4.78, 5) is 11.5. The Morgan fingerprint density at radius 1 is 1.12 bits per heavy atom. The summed E-state index contributed by atoms with van der Waals surface area (Å²) in [6.07, 6.45) is 2.38. The lowest BCUT2D eigenvalue weighted by atomic mass is 10.1. The summed E-state index contributed by atoms with van der Waals surface area (Å²) >= 11 is 0. The van der Waals surface area contributed by atoms with Crippen LogP contribution in [0.25, 0.3) is 10.8 Å². The Hall–Kier alpha value is -1.83. The summed E-state index contributed by atoms with van der Waals surface area (Å²) in [6, 6.07) is 13.7. The molecule has 0 fully saturated rings. The molecule has 0 bridgehead atoms. The van der Waals surface area contributed by atoms with Crippen molar-refractivity contribution in [2.75, 3.05) is 0 Å². The zero-order chi connectivity index (χ0) is 12.1. The van der Waals surface area contributed by atoms with E-state index in [0.717, 1.165) is 23.6 Å². The summed E-state index contributed by atoms with van der Waals surface area (Å²) in [6.45, 7) is 2.06. The second kappa shape index (κ2) is 5.48. The number of carbonyl (C=O) groups excluding carboxylic acids is 1. The molecule has 17 heavy (non-hydrogen) atoms. The molecule has 0 aliphatic rings. The molecule has 0 atom stereocenters. The van der Waals surface area contributed by atoms with E-state index in [1.54, 1.807) is 0 Å². The van der Waals surface area contributed by atoms with Crippen molar-refractivity contribution in [1.82, 2.24) is 0 Å². The van der Waals surface area contributed by atoms with Gasteiger partial charge in [0.05, 0.1) is 0 Å². The van der Waals surface area contributed by atoms with Crippen molar-refractivity contribution in [3.63, 3.8) is 0 Å². The minimum atomic E-state index is -0.151. The summed E-state index contributed by atoms with van der Waals surface area (Å²) in [5.74, 6) is 0.479. The maximum atomic E-state index is 11.5. The van der Waals surface area contributed by atoms with Gasteiger partial charge >= 0.3 is 5.97 Å². The Kier molecular flexibility index (Phi) is 3.76. The molecule has 0 heterocycles. The molecule has 2 aromatic carbocycles. The molecule has 0 radical (unpaired) electrons. The second-order valence-electron chi connectivity index (χ2n) is 4.09. The van der Waals surface area contributed by atoms with Crippen LogP contribution >= 0.6 is 0 Å². The number of unbranched alkanes of at least 4 members (excludes halogenated alkanes) is 1. The number of fused-ring (bicyclic) bond motifs is 1. The van der Waals surface area contributed by atoms with Gasteiger partial charge in [-0.05, 0) is 29.3 Å².